The molecule has 1 heterocycles. The smallest absolute Gasteiger partial charge is 0.234 e. The number of ether oxygens (including phenoxy) is 1. The molecule has 0 atom stereocenters. The number of H-pyrrole nitrogens is 1. The van der Waals surface area contributed by atoms with E-state index in [1.54, 1.807) is 7.11 Å². The summed E-state index contributed by atoms with van der Waals surface area (Å²) < 4.78 is 5.33. The zero-order valence-corrected chi connectivity index (χ0v) is 15.4. The Morgan fingerprint density at radius 3 is 2.52 bits per heavy atom. The monoisotopic (exact) mass is 336 g/mol. The van der Waals surface area contributed by atoms with E-state index in [-0.39, 0.29) is 5.91 Å². The predicted octanol–water partition coefficient (Wildman–Crippen LogP) is 4.71. The van der Waals surface area contributed by atoms with Gasteiger partial charge in [-0.3, -0.25) is 4.79 Å². The maximum absolute atomic E-state index is 13.0. The number of rotatable bonds is 4. The fourth-order valence-electron chi connectivity index (χ4n) is 2.97. The number of aromatic amines is 1. The van der Waals surface area contributed by atoms with Crippen molar-refractivity contribution in [2.45, 2.75) is 33.1 Å². The summed E-state index contributed by atoms with van der Waals surface area (Å²) in [5.41, 5.74) is 4.43. The molecule has 3 aromatic rings. The second-order valence-electron chi connectivity index (χ2n) is 6.99. The van der Waals surface area contributed by atoms with Gasteiger partial charge in [0.2, 0.25) is 5.91 Å². The number of anilines is 1. The van der Waals surface area contributed by atoms with Crippen molar-refractivity contribution < 1.29 is 9.53 Å². The van der Waals surface area contributed by atoms with E-state index in [1.165, 1.54) is 5.56 Å². The zero-order chi connectivity index (χ0) is 18.2. The highest BCUT2D eigenvalue weighted by Crippen LogP contribution is 2.33. The first-order valence-electron chi connectivity index (χ1n) is 8.37. The largest absolute Gasteiger partial charge is 0.497 e. The Balaban J connectivity index is 1.94. The van der Waals surface area contributed by atoms with Gasteiger partial charge in [-0.2, -0.15) is 0 Å². The fourth-order valence-corrected chi connectivity index (χ4v) is 2.97. The summed E-state index contributed by atoms with van der Waals surface area (Å²) in [5, 5.41) is 4.05. The average molecular weight is 336 g/mol. The third-order valence-electron chi connectivity index (χ3n) is 4.89. The van der Waals surface area contributed by atoms with Crippen LogP contribution in [0.25, 0.3) is 10.9 Å². The zero-order valence-electron chi connectivity index (χ0n) is 15.4. The highest BCUT2D eigenvalue weighted by Gasteiger charge is 2.32. The fraction of sp³-hybridized carbons (Fsp3) is 0.286. The third kappa shape index (κ3) is 3.12. The normalized spacial score (nSPS) is 11.6. The van der Waals surface area contributed by atoms with Crippen LogP contribution in [0.3, 0.4) is 0 Å². The molecule has 0 saturated heterocycles. The van der Waals surface area contributed by atoms with Crippen molar-refractivity contribution in [3.8, 4) is 5.75 Å². The van der Waals surface area contributed by atoms with Crippen LogP contribution in [-0.4, -0.2) is 18.0 Å². The molecule has 4 heteroatoms. The number of carbonyl (C=O) groups is 1. The summed E-state index contributed by atoms with van der Waals surface area (Å²) in [4.78, 5) is 16.2. The van der Waals surface area contributed by atoms with E-state index in [2.05, 4.69) is 17.2 Å². The third-order valence-corrected chi connectivity index (χ3v) is 4.89. The van der Waals surface area contributed by atoms with Crippen LogP contribution in [0.15, 0.2) is 42.6 Å². The maximum Gasteiger partial charge on any atom is 0.234 e. The van der Waals surface area contributed by atoms with Crippen molar-refractivity contribution in [2.24, 2.45) is 0 Å². The lowest BCUT2D eigenvalue weighted by atomic mass is 9.83. The predicted molar refractivity (Wildman–Crippen MR) is 102 cm³/mol. The van der Waals surface area contributed by atoms with Crippen LogP contribution in [0.4, 0.5) is 5.69 Å². The van der Waals surface area contributed by atoms with Gasteiger partial charge < -0.3 is 15.0 Å². The van der Waals surface area contributed by atoms with Crippen molar-refractivity contribution in [1.82, 2.24) is 4.98 Å². The minimum atomic E-state index is -0.691. The van der Waals surface area contributed by atoms with Gasteiger partial charge in [0.05, 0.1) is 12.5 Å². The minimum Gasteiger partial charge on any atom is -0.497 e. The van der Waals surface area contributed by atoms with Crippen molar-refractivity contribution in [1.29, 1.82) is 0 Å². The Hall–Kier alpha value is -2.75. The first-order chi connectivity index (χ1) is 11.8. The lowest BCUT2D eigenvalue weighted by molar-refractivity contribution is -0.120. The number of fused-ring (bicyclic) bond motifs is 1. The molecule has 4 nitrogen and oxygen atoms in total. The van der Waals surface area contributed by atoms with Gasteiger partial charge in [-0.25, -0.2) is 0 Å². The Morgan fingerprint density at radius 2 is 1.84 bits per heavy atom. The summed E-state index contributed by atoms with van der Waals surface area (Å²) in [6.07, 6.45) is 1.91. The summed E-state index contributed by atoms with van der Waals surface area (Å²) in [6, 6.07) is 11.8. The van der Waals surface area contributed by atoms with Gasteiger partial charge in [-0.1, -0.05) is 6.07 Å². The molecule has 0 bridgehead atoms. The second kappa shape index (κ2) is 6.28. The van der Waals surface area contributed by atoms with Crippen molar-refractivity contribution in [3.05, 3.63) is 59.3 Å². The molecule has 0 aliphatic rings. The lowest BCUT2D eigenvalue weighted by Crippen LogP contribution is -2.34. The summed E-state index contributed by atoms with van der Waals surface area (Å²) in [6.45, 7) is 7.98. The van der Waals surface area contributed by atoms with Crippen molar-refractivity contribution in [2.75, 3.05) is 12.4 Å². The molecular weight excluding hydrogens is 312 g/mol. The Bertz CT molecular complexity index is 938. The van der Waals surface area contributed by atoms with E-state index in [0.29, 0.717) is 0 Å². The molecular formula is C21H24N2O2. The number of methoxy groups -OCH3 is 1. The van der Waals surface area contributed by atoms with Crippen molar-refractivity contribution >= 4 is 22.5 Å². The maximum atomic E-state index is 13.0. The van der Waals surface area contributed by atoms with Crippen molar-refractivity contribution in [3.63, 3.8) is 0 Å². The first-order valence-corrected chi connectivity index (χ1v) is 8.37. The van der Waals surface area contributed by atoms with Gasteiger partial charge in [0, 0.05) is 22.8 Å². The molecule has 130 valence electrons. The number of carbonyl (C=O) groups excluding carboxylic acids is 1. The summed E-state index contributed by atoms with van der Waals surface area (Å²) in [7, 11) is 1.64. The van der Waals surface area contributed by atoms with Crippen LogP contribution in [-0.2, 0) is 10.2 Å². The molecule has 0 radical (unpaired) electrons. The Morgan fingerprint density at radius 1 is 1.08 bits per heavy atom. The summed E-state index contributed by atoms with van der Waals surface area (Å²) >= 11 is 0. The molecule has 0 unspecified atom stereocenters. The van der Waals surface area contributed by atoms with Gasteiger partial charge >= 0.3 is 0 Å². The van der Waals surface area contributed by atoms with E-state index in [0.717, 1.165) is 33.5 Å². The van der Waals surface area contributed by atoms with E-state index >= 15 is 0 Å². The van der Waals surface area contributed by atoms with E-state index < -0.39 is 5.41 Å². The quantitative estimate of drug-likeness (QED) is 0.725. The van der Waals surface area contributed by atoms with Gasteiger partial charge in [-0.15, -0.1) is 0 Å². The molecule has 2 aromatic carbocycles. The van der Waals surface area contributed by atoms with Crippen LogP contribution in [0.1, 0.15) is 30.5 Å². The van der Waals surface area contributed by atoms with Gasteiger partial charge in [0.15, 0.2) is 0 Å². The molecule has 0 aliphatic heterocycles. The number of amides is 1. The molecule has 0 spiro atoms. The molecule has 1 aromatic heterocycles. The number of hydrogen-bond donors (Lipinski definition) is 2. The number of aryl methyl sites for hydroxylation is 2. The standard InChI is InChI=1S/C21H24N2O2/c1-13-6-7-15(10-14(13)2)23-20(24)21(3,4)18-12-22-19-9-8-16(25-5)11-17(18)19/h6-12,22H,1-5H3,(H,23,24). The van der Waals surface area contributed by atoms with E-state index in [4.69, 9.17) is 4.74 Å². The number of nitrogens with one attached hydrogen (secondary N) is 2. The SMILES string of the molecule is COc1ccc2[nH]cc(C(C)(C)C(=O)Nc3ccc(C)c(C)c3)c2c1. The topological polar surface area (TPSA) is 54.1 Å². The Labute approximate surface area is 148 Å². The van der Waals surface area contributed by atoms with Crippen LogP contribution in [0.2, 0.25) is 0 Å². The lowest BCUT2D eigenvalue weighted by Gasteiger charge is -2.24. The molecule has 3 rings (SSSR count). The van der Waals surface area contributed by atoms with Crippen LogP contribution in [0, 0.1) is 13.8 Å². The summed E-state index contributed by atoms with van der Waals surface area (Å²) in [5.74, 6) is 0.734. The number of aromatic nitrogens is 1. The molecule has 1 amide bonds. The van der Waals surface area contributed by atoms with Crippen LogP contribution < -0.4 is 10.1 Å². The van der Waals surface area contributed by atoms with Crippen LogP contribution in [0.5, 0.6) is 5.75 Å². The van der Waals surface area contributed by atoms with E-state index in [1.807, 2.05) is 63.4 Å². The van der Waals surface area contributed by atoms with E-state index in [9.17, 15) is 4.79 Å². The minimum absolute atomic E-state index is 0.0422. The number of benzene rings is 2. The molecule has 0 aliphatic carbocycles. The second-order valence-corrected chi connectivity index (χ2v) is 6.99. The highest BCUT2D eigenvalue weighted by molar-refractivity contribution is 6.02. The average Bonchev–Trinajstić information content (AvgIpc) is 3.01. The molecule has 2 N–H and O–H groups in total. The van der Waals surface area contributed by atoms with Gasteiger partial charge in [0.1, 0.15) is 5.75 Å². The molecule has 0 fully saturated rings. The van der Waals surface area contributed by atoms with Crippen LogP contribution >= 0.6 is 0 Å². The van der Waals surface area contributed by atoms with Gasteiger partial charge in [-0.05, 0) is 74.7 Å². The Kier molecular flexibility index (Phi) is 4.29. The molecule has 25 heavy (non-hydrogen) atoms. The first kappa shape index (κ1) is 17.1. The van der Waals surface area contributed by atoms with Gasteiger partial charge in [0.25, 0.3) is 0 Å². The molecule has 0 saturated carbocycles. The highest BCUT2D eigenvalue weighted by atomic mass is 16.5. The number of hydrogen-bond acceptors (Lipinski definition) is 2.